The van der Waals surface area contributed by atoms with Crippen LogP contribution in [0, 0.1) is 0 Å². The van der Waals surface area contributed by atoms with Gasteiger partial charge in [0.15, 0.2) is 0 Å². The maximum absolute atomic E-state index is 9.41. The molecule has 1 heterocycles. The summed E-state index contributed by atoms with van der Waals surface area (Å²) in [5.74, 6) is 0.451. The molecule has 0 aliphatic heterocycles. The van der Waals surface area contributed by atoms with E-state index >= 15 is 0 Å². The molecular weight excluding hydrogens is 284 g/mol. The Morgan fingerprint density at radius 2 is 1.82 bits per heavy atom. The lowest BCUT2D eigenvalue weighted by atomic mass is 10.3. The minimum absolute atomic E-state index is 0.0812. The van der Waals surface area contributed by atoms with E-state index in [2.05, 4.69) is 4.98 Å². The average Bonchev–Trinajstić information content (AvgIpc) is 2.30. The normalized spacial score (nSPS) is 10.3. The molecule has 3 nitrogen and oxygen atoms in total. The molecule has 2 rings (SSSR count). The van der Waals surface area contributed by atoms with Crippen molar-refractivity contribution < 1.29 is 9.84 Å². The second-order valence-corrected chi connectivity index (χ2v) is 4.32. The van der Waals surface area contributed by atoms with Crippen molar-refractivity contribution in [2.75, 3.05) is 0 Å². The van der Waals surface area contributed by atoms with Crippen LogP contribution >= 0.6 is 34.8 Å². The smallest absolute Gasteiger partial charge is 0.239 e. The molecule has 0 unspecified atom stereocenters. The summed E-state index contributed by atoms with van der Waals surface area (Å²) in [6.45, 7) is 0. The quantitative estimate of drug-likeness (QED) is 0.883. The third kappa shape index (κ3) is 2.75. The van der Waals surface area contributed by atoms with Gasteiger partial charge in [-0.1, -0.05) is 34.8 Å². The first kappa shape index (κ1) is 12.3. The molecule has 1 aromatic carbocycles. The summed E-state index contributed by atoms with van der Waals surface area (Å²) in [6, 6.07) is 6.00. The Morgan fingerprint density at radius 1 is 1.06 bits per heavy atom. The summed E-state index contributed by atoms with van der Waals surface area (Å²) < 4.78 is 5.38. The number of ether oxygens (including phenoxy) is 1. The molecule has 1 N–H and O–H groups in total. The molecule has 6 heteroatoms. The second-order valence-electron chi connectivity index (χ2n) is 3.13. The number of pyridine rings is 1. The molecule has 1 aromatic heterocycles. The van der Waals surface area contributed by atoms with Crippen LogP contribution in [0.15, 0.2) is 30.5 Å². The number of aromatic nitrogens is 1. The van der Waals surface area contributed by atoms with Crippen molar-refractivity contribution in [2.45, 2.75) is 0 Å². The summed E-state index contributed by atoms with van der Waals surface area (Å²) >= 11 is 17.4. The molecule has 0 atom stereocenters. The standard InChI is InChI=1S/C11H6Cl3NO2/c12-7-2-1-6(5-9(7)16)17-11-10(14)8(13)3-4-15-11/h1-5,16H. The predicted molar refractivity (Wildman–Crippen MR) is 67.4 cm³/mol. The van der Waals surface area contributed by atoms with Crippen LogP contribution in [0.5, 0.6) is 17.4 Å². The summed E-state index contributed by atoms with van der Waals surface area (Å²) in [6.07, 6.45) is 1.47. The first-order chi connectivity index (χ1) is 8.08. The highest BCUT2D eigenvalue weighted by atomic mass is 35.5. The summed E-state index contributed by atoms with van der Waals surface area (Å²) in [4.78, 5) is 3.93. The lowest BCUT2D eigenvalue weighted by Gasteiger charge is -2.07. The first-order valence-corrected chi connectivity index (χ1v) is 5.67. The molecule has 0 spiro atoms. The summed E-state index contributed by atoms with van der Waals surface area (Å²) in [7, 11) is 0. The number of hydrogen-bond acceptors (Lipinski definition) is 3. The fourth-order valence-electron chi connectivity index (χ4n) is 1.14. The van der Waals surface area contributed by atoms with Crippen LogP contribution in [0.2, 0.25) is 15.1 Å². The van der Waals surface area contributed by atoms with Gasteiger partial charge in [0.2, 0.25) is 5.88 Å². The van der Waals surface area contributed by atoms with Crippen LogP contribution in [-0.2, 0) is 0 Å². The number of nitrogens with zero attached hydrogens (tertiary/aromatic N) is 1. The van der Waals surface area contributed by atoms with E-state index < -0.39 is 0 Å². The van der Waals surface area contributed by atoms with Gasteiger partial charge in [-0.25, -0.2) is 4.98 Å². The summed E-state index contributed by atoms with van der Waals surface area (Å²) in [5, 5.41) is 10.2. The SMILES string of the molecule is Oc1cc(Oc2nccc(Cl)c2Cl)ccc1Cl. The van der Waals surface area contributed by atoms with Gasteiger partial charge < -0.3 is 9.84 Å². The molecule has 2 aromatic rings. The maximum atomic E-state index is 9.41. The van der Waals surface area contributed by atoms with Crippen molar-refractivity contribution in [2.24, 2.45) is 0 Å². The van der Waals surface area contributed by atoms with Gasteiger partial charge in [0.25, 0.3) is 0 Å². The number of halogens is 3. The zero-order valence-electron chi connectivity index (χ0n) is 8.32. The van der Waals surface area contributed by atoms with Crippen molar-refractivity contribution in [3.8, 4) is 17.4 Å². The molecule has 0 amide bonds. The molecule has 0 fully saturated rings. The number of rotatable bonds is 2. The van der Waals surface area contributed by atoms with Gasteiger partial charge in [0.05, 0.1) is 10.0 Å². The largest absolute Gasteiger partial charge is 0.506 e. The fourth-order valence-corrected chi connectivity index (χ4v) is 1.55. The van der Waals surface area contributed by atoms with E-state index in [1.54, 1.807) is 12.1 Å². The minimum atomic E-state index is -0.0812. The Balaban J connectivity index is 2.31. The highest BCUT2D eigenvalue weighted by Gasteiger charge is 2.09. The van der Waals surface area contributed by atoms with E-state index in [-0.39, 0.29) is 21.7 Å². The van der Waals surface area contributed by atoms with Crippen LogP contribution < -0.4 is 4.74 Å². The molecule has 0 aliphatic carbocycles. The Labute approximate surface area is 113 Å². The van der Waals surface area contributed by atoms with Crippen LogP contribution in [-0.4, -0.2) is 10.1 Å². The molecule has 0 radical (unpaired) electrons. The topological polar surface area (TPSA) is 42.4 Å². The molecular formula is C11H6Cl3NO2. The van der Waals surface area contributed by atoms with Crippen molar-refractivity contribution in [3.63, 3.8) is 0 Å². The van der Waals surface area contributed by atoms with Crippen molar-refractivity contribution >= 4 is 34.8 Å². The predicted octanol–water partition coefficient (Wildman–Crippen LogP) is 4.54. The number of phenolic OH excluding ortho intramolecular Hbond substituents is 1. The molecule has 0 bridgehead atoms. The van der Waals surface area contributed by atoms with Crippen molar-refractivity contribution in [1.82, 2.24) is 4.98 Å². The number of aromatic hydroxyl groups is 1. The molecule has 17 heavy (non-hydrogen) atoms. The molecule has 0 saturated heterocycles. The van der Waals surface area contributed by atoms with E-state index in [9.17, 15) is 5.11 Å². The van der Waals surface area contributed by atoms with E-state index in [0.29, 0.717) is 10.8 Å². The molecule has 88 valence electrons. The third-order valence-corrected chi connectivity index (χ3v) is 3.04. The van der Waals surface area contributed by atoms with Crippen molar-refractivity contribution in [1.29, 1.82) is 0 Å². The van der Waals surface area contributed by atoms with Crippen molar-refractivity contribution in [3.05, 3.63) is 45.5 Å². The van der Waals surface area contributed by atoms with Crippen LogP contribution in [0.1, 0.15) is 0 Å². The highest BCUT2D eigenvalue weighted by molar-refractivity contribution is 6.42. The number of benzene rings is 1. The number of hydrogen-bond donors (Lipinski definition) is 1. The average molecular weight is 291 g/mol. The van der Waals surface area contributed by atoms with Crippen LogP contribution in [0.25, 0.3) is 0 Å². The van der Waals surface area contributed by atoms with Gasteiger partial charge >= 0.3 is 0 Å². The number of phenols is 1. The van der Waals surface area contributed by atoms with Gasteiger partial charge in [-0.05, 0) is 18.2 Å². The summed E-state index contributed by atoms with van der Waals surface area (Å²) in [5.41, 5.74) is 0. The maximum Gasteiger partial charge on any atom is 0.239 e. The zero-order chi connectivity index (χ0) is 12.4. The Kier molecular flexibility index (Phi) is 3.62. The third-order valence-electron chi connectivity index (χ3n) is 1.94. The van der Waals surface area contributed by atoms with Gasteiger partial charge in [-0.3, -0.25) is 0 Å². The fraction of sp³-hybridized carbons (Fsp3) is 0. The van der Waals surface area contributed by atoms with E-state index in [1.807, 2.05) is 0 Å². The Bertz CT molecular complexity index is 560. The Morgan fingerprint density at radius 3 is 2.53 bits per heavy atom. The van der Waals surface area contributed by atoms with Gasteiger partial charge in [-0.15, -0.1) is 0 Å². The second kappa shape index (κ2) is 5.00. The van der Waals surface area contributed by atoms with Gasteiger partial charge in [0, 0.05) is 12.3 Å². The van der Waals surface area contributed by atoms with E-state index in [0.717, 1.165) is 0 Å². The first-order valence-electron chi connectivity index (χ1n) is 4.54. The van der Waals surface area contributed by atoms with Crippen LogP contribution in [0.3, 0.4) is 0 Å². The highest BCUT2D eigenvalue weighted by Crippen LogP contribution is 2.34. The Hall–Kier alpha value is -1.16. The molecule has 0 saturated carbocycles. The van der Waals surface area contributed by atoms with E-state index in [1.165, 1.54) is 18.3 Å². The minimum Gasteiger partial charge on any atom is -0.506 e. The monoisotopic (exact) mass is 289 g/mol. The van der Waals surface area contributed by atoms with Crippen LogP contribution in [0.4, 0.5) is 0 Å². The lowest BCUT2D eigenvalue weighted by molar-refractivity contribution is 0.446. The zero-order valence-corrected chi connectivity index (χ0v) is 10.6. The van der Waals surface area contributed by atoms with Gasteiger partial charge in [-0.2, -0.15) is 0 Å². The van der Waals surface area contributed by atoms with Gasteiger partial charge in [0.1, 0.15) is 16.5 Å². The lowest BCUT2D eigenvalue weighted by Crippen LogP contribution is -1.89. The van der Waals surface area contributed by atoms with E-state index in [4.69, 9.17) is 39.5 Å². The molecule has 0 aliphatic rings.